The van der Waals surface area contributed by atoms with Gasteiger partial charge in [0.05, 0.1) is 6.04 Å². The van der Waals surface area contributed by atoms with E-state index >= 15 is 0 Å². The molecule has 1 aromatic heterocycles. The van der Waals surface area contributed by atoms with Crippen molar-refractivity contribution in [1.29, 1.82) is 0 Å². The largest absolute Gasteiger partial charge is 0.508 e. The summed E-state index contributed by atoms with van der Waals surface area (Å²) in [5, 5.41) is 28.1. The van der Waals surface area contributed by atoms with E-state index in [-0.39, 0.29) is 30.9 Å². The third-order valence-corrected chi connectivity index (χ3v) is 6.48. The number of aromatic amines is 1. The van der Waals surface area contributed by atoms with Crippen LogP contribution in [0.4, 0.5) is 0 Å². The number of H-pyrrole nitrogens is 1. The van der Waals surface area contributed by atoms with Gasteiger partial charge in [-0.1, -0.05) is 44.2 Å². The van der Waals surface area contributed by atoms with E-state index in [0.29, 0.717) is 5.56 Å². The van der Waals surface area contributed by atoms with Crippen LogP contribution < -0.4 is 21.7 Å². The molecule has 0 aliphatic carbocycles. The second-order valence-electron chi connectivity index (χ2n) is 10.4. The van der Waals surface area contributed by atoms with Crippen LogP contribution in [0.25, 0.3) is 10.9 Å². The van der Waals surface area contributed by atoms with Crippen molar-refractivity contribution in [3.8, 4) is 5.75 Å². The number of carbonyl (C=O) groups is 4. The van der Waals surface area contributed by atoms with E-state index in [2.05, 4.69) is 20.9 Å². The summed E-state index contributed by atoms with van der Waals surface area (Å²) in [5.74, 6) is -2.98. The summed E-state index contributed by atoms with van der Waals surface area (Å²) in [4.78, 5) is 54.3. The molecule has 3 amide bonds. The first-order valence-electron chi connectivity index (χ1n) is 13.2. The van der Waals surface area contributed by atoms with Crippen LogP contribution in [0.2, 0.25) is 0 Å². The van der Waals surface area contributed by atoms with Crippen LogP contribution in [0.3, 0.4) is 0 Å². The molecule has 11 nitrogen and oxygen atoms in total. The third kappa shape index (κ3) is 8.31. The minimum atomic E-state index is -1.26. The van der Waals surface area contributed by atoms with Crippen molar-refractivity contribution >= 4 is 34.6 Å². The van der Waals surface area contributed by atoms with Gasteiger partial charge in [-0.3, -0.25) is 14.4 Å². The number of nitrogens with two attached hydrogens (primary N) is 1. The highest BCUT2D eigenvalue weighted by Gasteiger charge is 2.31. The number of benzene rings is 2. The highest BCUT2D eigenvalue weighted by molar-refractivity contribution is 5.94. The normalized spacial score (nSPS) is 14.2. The standard InChI is InChI=1S/C29H37N5O6/c1-16(2)12-23(27(37)34-25(29(39)40)13-18-8-10-20(35)11-9-18)33-28(38)24(32-26(36)17(3)30)14-19-15-31-22-7-5-4-6-21(19)22/h4-11,15-17,23-25,31,35H,12-14,30H2,1-3H3,(H,32,36)(H,33,38)(H,34,37)(H,39,40). The molecule has 0 aliphatic heterocycles. The lowest BCUT2D eigenvalue weighted by atomic mass is 9.99. The Kier molecular flexibility index (Phi) is 10.3. The first-order chi connectivity index (χ1) is 18.9. The van der Waals surface area contributed by atoms with Gasteiger partial charge in [0.1, 0.15) is 23.9 Å². The van der Waals surface area contributed by atoms with Crippen LogP contribution in [0.5, 0.6) is 5.75 Å². The predicted octanol–water partition coefficient (Wildman–Crippen LogP) is 1.59. The monoisotopic (exact) mass is 551 g/mol. The lowest BCUT2D eigenvalue weighted by Gasteiger charge is -2.26. The van der Waals surface area contributed by atoms with E-state index in [1.165, 1.54) is 19.1 Å². The molecule has 4 unspecified atom stereocenters. The Morgan fingerprint density at radius 3 is 2.05 bits per heavy atom. The van der Waals surface area contributed by atoms with Crippen molar-refractivity contribution in [3.63, 3.8) is 0 Å². The van der Waals surface area contributed by atoms with Gasteiger partial charge in [0.2, 0.25) is 17.7 Å². The Balaban J connectivity index is 1.79. The Morgan fingerprint density at radius 1 is 0.825 bits per heavy atom. The summed E-state index contributed by atoms with van der Waals surface area (Å²) in [6, 6.07) is 9.35. The Labute approximate surface area is 232 Å². The minimum absolute atomic E-state index is 0.0119. The van der Waals surface area contributed by atoms with Crippen molar-refractivity contribution in [2.45, 2.75) is 64.2 Å². The lowest BCUT2D eigenvalue weighted by molar-refractivity contribution is -0.142. The number of para-hydroxylation sites is 1. The molecular formula is C29H37N5O6. The van der Waals surface area contributed by atoms with Crippen molar-refractivity contribution in [1.82, 2.24) is 20.9 Å². The van der Waals surface area contributed by atoms with Gasteiger partial charge in [-0.05, 0) is 48.6 Å². The molecule has 0 fully saturated rings. The number of carboxylic acid groups (broad SMARTS) is 1. The number of hydrogen-bond donors (Lipinski definition) is 7. The highest BCUT2D eigenvalue weighted by atomic mass is 16.4. The minimum Gasteiger partial charge on any atom is -0.508 e. The van der Waals surface area contributed by atoms with E-state index in [4.69, 9.17) is 5.73 Å². The van der Waals surface area contributed by atoms with E-state index in [1.54, 1.807) is 18.3 Å². The molecule has 0 spiro atoms. The van der Waals surface area contributed by atoms with Crippen LogP contribution in [0.1, 0.15) is 38.3 Å². The zero-order valence-electron chi connectivity index (χ0n) is 22.8. The number of aliphatic carboxylic acids is 1. The highest BCUT2D eigenvalue weighted by Crippen LogP contribution is 2.19. The van der Waals surface area contributed by atoms with Gasteiger partial charge in [-0.15, -0.1) is 0 Å². The molecule has 0 bridgehead atoms. The quantitative estimate of drug-likeness (QED) is 0.168. The van der Waals surface area contributed by atoms with Gasteiger partial charge in [0, 0.05) is 29.9 Å². The van der Waals surface area contributed by atoms with E-state index < -0.39 is 47.9 Å². The summed E-state index contributed by atoms with van der Waals surface area (Å²) in [7, 11) is 0. The van der Waals surface area contributed by atoms with Gasteiger partial charge in [0.15, 0.2) is 0 Å². The summed E-state index contributed by atoms with van der Waals surface area (Å²) in [6.07, 6.45) is 2.13. The zero-order chi connectivity index (χ0) is 29.4. The Hall–Kier alpha value is -4.38. The number of carbonyl (C=O) groups excluding carboxylic acids is 3. The van der Waals surface area contributed by atoms with Crippen molar-refractivity contribution in [3.05, 3.63) is 65.9 Å². The summed E-state index contributed by atoms with van der Waals surface area (Å²) in [5.41, 5.74) is 8.01. The smallest absolute Gasteiger partial charge is 0.326 e. The molecule has 11 heteroatoms. The average molecular weight is 552 g/mol. The average Bonchev–Trinajstić information content (AvgIpc) is 3.30. The maximum atomic E-state index is 13.5. The molecule has 0 saturated carbocycles. The third-order valence-electron chi connectivity index (χ3n) is 6.48. The van der Waals surface area contributed by atoms with Crippen molar-refractivity contribution < 1.29 is 29.4 Å². The second kappa shape index (κ2) is 13.6. The molecular weight excluding hydrogens is 514 g/mol. The van der Waals surface area contributed by atoms with E-state index in [9.17, 15) is 29.4 Å². The summed E-state index contributed by atoms with van der Waals surface area (Å²) >= 11 is 0. The van der Waals surface area contributed by atoms with E-state index in [0.717, 1.165) is 16.5 Å². The van der Waals surface area contributed by atoms with Gasteiger partial charge >= 0.3 is 5.97 Å². The zero-order valence-corrected chi connectivity index (χ0v) is 22.8. The SMILES string of the molecule is CC(C)CC(NC(=O)C(Cc1c[nH]c2ccccc12)NC(=O)C(C)N)C(=O)NC(Cc1ccc(O)cc1)C(=O)O. The van der Waals surface area contributed by atoms with Gasteiger partial charge in [-0.25, -0.2) is 4.79 Å². The number of hydrogen-bond acceptors (Lipinski definition) is 6. The van der Waals surface area contributed by atoms with Gasteiger partial charge in [0.25, 0.3) is 0 Å². The number of rotatable bonds is 13. The number of amides is 3. The number of fused-ring (bicyclic) bond motifs is 1. The van der Waals surface area contributed by atoms with Gasteiger partial charge in [-0.2, -0.15) is 0 Å². The number of nitrogens with one attached hydrogen (secondary N) is 4. The Bertz CT molecular complexity index is 1330. The fourth-order valence-corrected chi connectivity index (χ4v) is 4.35. The molecule has 0 aliphatic rings. The molecule has 2 aromatic carbocycles. The maximum Gasteiger partial charge on any atom is 0.326 e. The van der Waals surface area contributed by atoms with Crippen LogP contribution in [0.15, 0.2) is 54.7 Å². The first kappa shape index (κ1) is 30.2. The van der Waals surface area contributed by atoms with Crippen LogP contribution >= 0.6 is 0 Å². The van der Waals surface area contributed by atoms with Crippen LogP contribution in [-0.2, 0) is 32.0 Å². The molecule has 8 N–H and O–H groups in total. The van der Waals surface area contributed by atoms with Crippen molar-refractivity contribution in [2.75, 3.05) is 0 Å². The summed E-state index contributed by atoms with van der Waals surface area (Å²) in [6.45, 7) is 5.25. The van der Waals surface area contributed by atoms with Crippen LogP contribution in [-0.4, -0.2) is 63.1 Å². The molecule has 3 aromatic rings. The fourth-order valence-electron chi connectivity index (χ4n) is 4.35. The van der Waals surface area contributed by atoms with Crippen molar-refractivity contribution in [2.24, 2.45) is 11.7 Å². The molecule has 3 rings (SSSR count). The van der Waals surface area contributed by atoms with E-state index in [1.807, 2.05) is 38.1 Å². The number of aromatic hydroxyl groups is 1. The second-order valence-corrected chi connectivity index (χ2v) is 10.4. The number of phenols is 1. The maximum absolute atomic E-state index is 13.5. The number of carboxylic acids is 1. The fraction of sp³-hybridized carbons (Fsp3) is 0.379. The molecule has 0 saturated heterocycles. The molecule has 0 radical (unpaired) electrons. The first-order valence-corrected chi connectivity index (χ1v) is 13.2. The predicted molar refractivity (Wildman–Crippen MR) is 150 cm³/mol. The van der Waals surface area contributed by atoms with Gasteiger partial charge < -0.3 is 36.9 Å². The molecule has 214 valence electrons. The number of phenolic OH excluding ortho intramolecular Hbond substituents is 1. The molecule has 40 heavy (non-hydrogen) atoms. The molecule has 1 heterocycles. The lowest BCUT2D eigenvalue weighted by Crippen LogP contribution is -2.57. The summed E-state index contributed by atoms with van der Waals surface area (Å²) < 4.78 is 0. The molecule has 4 atom stereocenters. The topological polar surface area (TPSA) is 187 Å². The number of aromatic nitrogens is 1. The Morgan fingerprint density at radius 2 is 1.43 bits per heavy atom. The van der Waals surface area contributed by atoms with Crippen LogP contribution in [0, 0.1) is 5.92 Å².